The third kappa shape index (κ3) is 4.12. The van der Waals surface area contributed by atoms with Crippen molar-refractivity contribution in [2.75, 3.05) is 26.0 Å². The number of benzene rings is 2. The summed E-state index contributed by atoms with van der Waals surface area (Å²) in [5.74, 6) is 1.96. The summed E-state index contributed by atoms with van der Waals surface area (Å²) in [6.07, 6.45) is 1.41. The Morgan fingerprint density at radius 2 is 1.88 bits per heavy atom. The molecule has 126 valence electrons. The van der Waals surface area contributed by atoms with E-state index in [1.807, 2.05) is 47.0 Å². The molecule has 0 spiro atoms. The Balaban J connectivity index is 1.62. The van der Waals surface area contributed by atoms with Gasteiger partial charge in [-0.05, 0) is 18.1 Å². The maximum Gasteiger partial charge on any atom is 0.227 e. The zero-order chi connectivity index (χ0) is 16.8. The van der Waals surface area contributed by atoms with E-state index < -0.39 is 0 Å². The molecule has 3 rings (SSSR count). The number of ether oxygens (including phenoxy) is 1. The fourth-order valence-corrected chi connectivity index (χ4v) is 4.31. The quantitative estimate of drug-likeness (QED) is 0.843. The number of methoxy groups -OCH3 is 1. The summed E-state index contributed by atoms with van der Waals surface area (Å²) in [4.78, 5) is 14.7. The first kappa shape index (κ1) is 16.9. The smallest absolute Gasteiger partial charge is 0.227 e. The normalized spacial score (nSPS) is 18.0. The molecule has 1 saturated heterocycles. The van der Waals surface area contributed by atoms with E-state index >= 15 is 0 Å². The summed E-state index contributed by atoms with van der Waals surface area (Å²) in [5.41, 5.74) is 2.32. The fourth-order valence-electron chi connectivity index (χ4n) is 3.08. The molecule has 0 aromatic heterocycles. The average Bonchev–Trinajstić information content (AvgIpc) is 2.89. The molecular formula is C20H23NO2S. The average molecular weight is 341 g/mol. The lowest BCUT2D eigenvalue weighted by molar-refractivity contribution is -0.130. The second-order valence-electron chi connectivity index (χ2n) is 5.93. The van der Waals surface area contributed by atoms with Gasteiger partial charge >= 0.3 is 0 Å². The number of thioether (sulfide) groups is 1. The van der Waals surface area contributed by atoms with Crippen LogP contribution in [0.5, 0.6) is 5.75 Å². The summed E-state index contributed by atoms with van der Waals surface area (Å²) in [6, 6.07) is 18.4. The van der Waals surface area contributed by atoms with Crippen LogP contribution in [0.25, 0.3) is 0 Å². The van der Waals surface area contributed by atoms with E-state index in [2.05, 4.69) is 24.3 Å². The SMILES string of the molecule is COc1ccccc1CC(=O)N1CCS[C@@H](c2ccccc2)CC1. The van der Waals surface area contributed by atoms with Crippen molar-refractivity contribution in [3.63, 3.8) is 0 Å². The third-order valence-corrected chi connectivity index (χ3v) is 5.73. The lowest BCUT2D eigenvalue weighted by atomic mass is 10.1. The van der Waals surface area contributed by atoms with Gasteiger partial charge in [0.05, 0.1) is 13.5 Å². The van der Waals surface area contributed by atoms with E-state index in [0.717, 1.165) is 36.6 Å². The van der Waals surface area contributed by atoms with Crippen LogP contribution in [0, 0.1) is 0 Å². The number of carbonyl (C=O) groups is 1. The van der Waals surface area contributed by atoms with Gasteiger partial charge in [0.2, 0.25) is 5.91 Å². The maximum absolute atomic E-state index is 12.7. The van der Waals surface area contributed by atoms with E-state index in [1.54, 1.807) is 7.11 Å². The van der Waals surface area contributed by atoms with Crippen molar-refractivity contribution in [2.24, 2.45) is 0 Å². The molecule has 24 heavy (non-hydrogen) atoms. The predicted molar refractivity (Wildman–Crippen MR) is 99.5 cm³/mol. The number of hydrogen-bond donors (Lipinski definition) is 0. The highest BCUT2D eigenvalue weighted by Crippen LogP contribution is 2.34. The molecule has 1 atom stereocenters. The number of rotatable bonds is 4. The summed E-state index contributed by atoms with van der Waals surface area (Å²) in [5, 5.41) is 0.482. The topological polar surface area (TPSA) is 29.5 Å². The van der Waals surface area contributed by atoms with Gasteiger partial charge in [-0.15, -0.1) is 0 Å². The molecule has 0 saturated carbocycles. The second kappa shape index (κ2) is 8.25. The van der Waals surface area contributed by atoms with Crippen molar-refractivity contribution in [3.8, 4) is 5.75 Å². The highest BCUT2D eigenvalue weighted by molar-refractivity contribution is 7.99. The van der Waals surface area contributed by atoms with Crippen molar-refractivity contribution in [1.82, 2.24) is 4.90 Å². The number of hydrogen-bond acceptors (Lipinski definition) is 3. The molecule has 0 unspecified atom stereocenters. The maximum atomic E-state index is 12.7. The van der Waals surface area contributed by atoms with Crippen molar-refractivity contribution in [2.45, 2.75) is 18.1 Å². The van der Waals surface area contributed by atoms with E-state index in [-0.39, 0.29) is 5.91 Å². The van der Waals surface area contributed by atoms with Gasteiger partial charge in [-0.2, -0.15) is 11.8 Å². The largest absolute Gasteiger partial charge is 0.496 e. The summed E-state index contributed by atoms with van der Waals surface area (Å²) in [6.45, 7) is 1.64. The number of carbonyl (C=O) groups excluding carboxylic acids is 1. The van der Waals surface area contributed by atoms with Gasteiger partial charge in [-0.3, -0.25) is 4.79 Å². The molecule has 1 heterocycles. The van der Waals surface area contributed by atoms with Crippen LogP contribution in [-0.4, -0.2) is 36.8 Å². The zero-order valence-electron chi connectivity index (χ0n) is 14.0. The molecule has 3 nitrogen and oxygen atoms in total. The van der Waals surface area contributed by atoms with Crippen molar-refractivity contribution < 1.29 is 9.53 Å². The van der Waals surface area contributed by atoms with Gasteiger partial charge < -0.3 is 9.64 Å². The summed E-state index contributed by atoms with van der Waals surface area (Å²) < 4.78 is 5.36. The fraction of sp³-hybridized carbons (Fsp3) is 0.350. The molecule has 0 aliphatic carbocycles. The number of amides is 1. The zero-order valence-corrected chi connectivity index (χ0v) is 14.8. The standard InChI is InChI=1S/C20H23NO2S/c1-23-18-10-6-5-9-17(18)15-20(22)21-12-11-19(24-14-13-21)16-7-3-2-4-8-16/h2-10,19H,11-15H2,1H3/t19-/m1/s1. The Labute approximate surface area is 148 Å². The molecule has 1 amide bonds. The summed E-state index contributed by atoms with van der Waals surface area (Å²) >= 11 is 1.95. The van der Waals surface area contributed by atoms with Crippen LogP contribution in [0.1, 0.15) is 22.8 Å². The minimum Gasteiger partial charge on any atom is -0.496 e. The Morgan fingerprint density at radius 1 is 1.12 bits per heavy atom. The Morgan fingerprint density at radius 3 is 2.67 bits per heavy atom. The van der Waals surface area contributed by atoms with Gasteiger partial charge in [0.25, 0.3) is 0 Å². The number of para-hydroxylation sites is 1. The van der Waals surface area contributed by atoms with Crippen LogP contribution < -0.4 is 4.74 Å². The van der Waals surface area contributed by atoms with Gasteiger partial charge in [-0.1, -0.05) is 48.5 Å². The molecule has 2 aromatic rings. The lowest BCUT2D eigenvalue weighted by Gasteiger charge is -2.21. The van der Waals surface area contributed by atoms with Crippen molar-refractivity contribution in [3.05, 3.63) is 65.7 Å². The molecule has 1 aliphatic rings. The van der Waals surface area contributed by atoms with Crippen LogP contribution in [0.3, 0.4) is 0 Å². The van der Waals surface area contributed by atoms with Gasteiger partial charge in [-0.25, -0.2) is 0 Å². The Hall–Kier alpha value is -1.94. The third-order valence-electron chi connectivity index (χ3n) is 4.40. The highest BCUT2D eigenvalue weighted by Gasteiger charge is 2.22. The monoisotopic (exact) mass is 341 g/mol. The van der Waals surface area contributed by atoms with Crippen molar-refractivity contribution >= 4 is 17.7 Å². The first-order valence-electron chi connectivity index (χ1n) is 8.34. The van der Waals surface area contributed by atoms with Crippen LogP contribution in [0.4, 0.5) is 0 Å². The van der Waals surface area contributed by atoms with Crippen LogP contribution in [-0.2, 0) is 11.2 Å². The molecular weight excluding hydrogens is 318 g/mol. The van der Waals surface area contributed by atoms with Crippen LogP contribution in [0.15, 0.2) is 54.6 Å². The number of nitrogens with zero attached hydrogens (tertiary/aromatic N) is 1. The van der Waals surface area contributed by atoms with E-state index in [9.17, 15) is 4.79 Å². The van der Waals surface area contributed by atoms with E-state index in [0.29, 0.717) is 11.7 Å². The van der Waals surface area contributed by atoms with Crippen LogP contribution in [0.2, 0.25) is 0 Å². The molecule has 2 aromatic carbocycles. The molecule has 0 bridgehead atoms. The molecule has 0 radical (unpaired) electrons. The molecule has 4 heteroatoms. The van der Waals surface area contributed by atoms with Crippen molar-refractivity contribution in [1.29, 1.82) is 0 Å². The second-order valence-corrected chi connectivity index (χ2v) is 7.24. The Kier molecular flexibility index (Phi) is 5.81. The minimum absolute atomic E-state index is 0.189. The minimum atomic E-state index is 0.189. The first-order chi connectivity index (χ1) is 11.8. The molecule has 1 fully saturated rings. The summed E-state index contributed by atoms with van der Waals surface area (Å²) in [7, 11) is 1.65. The van der Waals surface area contributed by atoms with E-state index in [4.69, 9.17) is 4.74 Å². The molecule has 1 aliphatic heterocycles. The van der Waals surface area contributed by atoms with Gasteiger partial charge in [0.1, 0.15) is 5.75 Å². The Bertz CT molecular complexity index is 674. The first-order valence-corrected chi connectivity index (χ1v) is 9.39. The van der Waals surface area contributed by atoms with Crippen LogP contribution >= 0.6 is 11.8 Å². The predicted octanol–water partition coefficient (Wildman–Crippen LogP) is 3.94. The highest BCUT2D eigenvalue weighted by atomic mass is 32.2. The van der Waals surface area contributed by atoms with Gasteiger partial charge in [0.15, 0.2) is 0 Å². The van der Waals surface area contributed by atoms with E-state index in [1.165, 1.54) is 5.56 Å². The van der Waals surface area contributed by atoms with Gasteiger partial charge in [0, 0.05) is 29.7 Å². The lowest BCUT2D eigenvalue weighted by Crippen LogP contribution is -2.34. The molecule has 0 N–H and O–H groups in total.